The minimum Gasteiger partial charge on any atom is -0.339 e. The van der Waals surface area contributed by atoms with Crippen LogP contribution in [0.2, 0.25) is 10.0 Å². The normalized spacial score (nSPS) is 18.1. The maximum absolute atomic E-state index is 13.8. The number of amides is 1. The number of hydrogen-bond donors (Lipinski definition) is 4. The van der Waals surface area contributed by atoms with Gasteiger partial charge in [0, 0.05) is 28.7 Å². The highest BCUT2D eigenvalue weighted by atomic mass is 35.5. The predicted molar refractivity (Wildman–Crippen MR) is 125 cm³/mol. The highest BCUT2D eigenvalue weighted by molar-refractivity contribution is 6.31. The van der Waals surface area contributed by atoms with Gasteiger partial charge in [0.1, 0.15) is 17.5 Å². The van der Waals surface area contributed by atoms with Gasteiger partial charge < -0.3 is 10.6 Å². The molecular formula is C23H18Cl2F3N5O. The van der Waals surface area contributed by atoms with Crippen molar-refractivity contribution in [2.75, 3.05) is 5.32 Å². The average molecular weight is 508 g/mol. The van der Waals surface area contributed by atoms with Gasteiger partial charge in [-0.2, -0.15) is 4.99 Å². The second-order valence-corrected chi connectivity index (χ2v) is 8.35. The first-order valence-electron chi connectivity index (χ1n) is 10.1. The minimum absolute atomic E-state index is 0.0260. The molecule has 1 fully saturated rings. The van der Waals surface area contributed by atoms with E-state index in [2.05, 4.69) is 26.5 Å². The summed E-state index contributed by atoms with van der Waals surface area (Å²) < 4.78 is 40.8. The van der Waals surface area contributed by atoms with Crippen molar-refractivity contribution in [1.29, 1.82) is 0 Å². The van der Waals surface area contributed by atoms with Crippen LogP contribution in [-0.4, -0.2) is 18.0 Å². The van der Waals surface area contributed by atoms with E-state index in [1.54, 1.807) is 12.1 Å². The quantitative estimate of drug-likeness (QED) is 0.289. The van der Waals surface area contributed by atoms with E-state index in [1.165, 1.54) is 36.4 Å². The molecule has 1 aliphatic rings. The fourth-order valence-electron chi connectivity index (χ4n) is 3.38. The summed E-state index contributed by atoms with van der Waals surface area (Å²) in [5.41, 5.74) is 7.18. The summed E-state index contributed by atoms with van der Waals surface area (Å²) >= 11 is 11.6. The topological polar surface area (TPSA) is 77.5 Å². The molecule has 34 heavy (non-hydrogen) atoms. The summed E-state index contributed by atoms with van der Waals surface area (Å²) in [5, 5.41) is 5.88. The molecule has 2 unspecified atom stereocenters. The third-order valence-corrected chi connectivity index (χ3v) is 5.52. The van der Waals surface area contributed by atoms with Crippen LogP contribution in [0.25, 0.3) is 0 Å². The lowest BCUT2D eigenvalue weighted by atomic mass is 10.0. The molecule has 0 radical (unpaired) electrons. The van der Waals surface area contributed by atoms with Crippen LogP contribution in [0.3, 0.4) is 0 Å². The molecule has 2 atom stereocenters. The van der Waals surface area contributed by atoms with Gasteiger partial charge in [-0.3, -0.25) is 4.79 Å². The smallest absolute Gasteiger partial charge is 0.280 e. The van der Waals surface area contributed by atoms with Gasteiger partial charge in [0.2, 0.25) is 5.96 Å². The Balaban J connectivity index is 1.55. The van der Waals surface area contributed by atoms with Crippen molar-refractivity contribution in [3.63, 3.8) is 0 Å². The Hall–Kier alpha value is -3.11. The van der Waals surface area contributed by atoms with Crippen molar-refractivity contribution in [2.24, 2.45) is 4.99 Å². The number of anilines is 1. The van der Waals surface area contributed by atoms with Gasteiger partial charge in [-0.05, 0) is 54.1 Å². The largest absolute Gasteiger partial charge is 0.339 e. The number of carbonyl (C=O) groups is 1. The number of benzene rings is 3. The predicted octanol–water partition coefficient (Wildman–Crippen LogP) is 5.17. The number of nitrogens with zero attached hydrogens (tertiary/aromatic N) is 1. The highest BCUT2D eigenvalue weighted by Gasteiger charge is 2.26. The zero-order valence-electron chi connectivity index (χ0n) is 17.4. The van der Waals surface area contributed by atoms with Gasteiger partial charge in [0.15, 0.2) is 0 Å². The van der Waals surface area contributed by atoms with Gasteiger partial charge in [0.25, 0.3) is 5.91 Å². The molecule has 1 aliphatic heterocycles. The summed E-state index contributed by atoms with van der Waals surface area (Å²) in [4.78, 5) is 16.7. The second-order valence-electron chi connectivity index (χ2n) is 7.50. The van der Waals surface area contributed by atoms with E-state index in [1.807, 2.05) is 0 Å². The fourth-order valence-corrected chi connectivity index (χ4v) is 3.72. The van der Waals surface area contributed by atoms with Crippen molar-refractivity contribution < 1.29 is 18.0 Å². The summed E-state index contributed by atoms with van der Waals surface area (Å²) in [6.45, 7) is 0. The standard InChI is InChI=1S/C23H18Cl2F3N5O/c24-14-8-16(27)10-17(9-14)29-23(31-22(34)13-3-6-18(25)19(28)7-13)30-21-11-20(32-33-21)12-1-4-15(26)5-2-12/h1-10,20-21,32-33H,11H2,(H2,29,30,31,34). The maximum Gasteiger partial charge on any atom is 0.280 e. The third kappa shape index (κ3) is 6.06. The molecule has 1 saturated heterocycles. The van der Waals surface area contributed by atoms with E-state index < -0.39 is 23.7 Å². The van der Waals surface area contributed by atoms with E-state index in [-0.39, 0.29) is 39.1 Å². The number of hydrogen-bond acceptors (Lipinski definition) is 3. The summed E-state index contributed by atoms with van der Waals surface area (Å²) in [6, 6.07) is 13.2. The fraction of sp³-hybridized carbons (Fsp3) is 0.130. The van der Waals surface area contributed by atoms with Gasteiger partial charge in [-0.15, -0.1) is 0 Å². The van der Waals surface area contributed by atoms with Crippen molar-refractivity contribution in [3.8, 4) is 0 Å². The highest BCUT2D eigenvalue weighted by Crippen LogP contribution is 2.22. The van der Waals surface area contributed by atoms with Crippen LogP contribution in [0, 0.1) is 17.5 Å². The molecule has 0 aromatic heterocycles. The Morgan fingerprint density at radius 1 is 0.941 bits per heavy atom. The Labute approximate surface area is 203 Å². The van der Waals surface area contributed by atoms with Gasteiger partial charge >= 0.3 is 0 Å². The molecule has 176 valence electrons. The number of hydrazine groups is 1. The first-order valence-corrected chi connectivity index (χ1v) is 10.9. The number of guanidine groups is 1. The molecule has 3 aromatic rings. The van der Waals surface area contributed by atoms with Crippen LogP contribution in [0.5, 0.6) is 0 Å². The van der Waals surface area contributed by atoms with Crippen LogP contribution >= 0.6 is 23.2 Å². The van der Waals surface area contributed by atoms with E-state index in [4.69, 9.17) is 23.2 Å². The molecule has 6 nitrogen and oxygen atoms in total. The third-order valence-electron chi connectivity index (χ3n) is 4.99. The Kier molecular flexibility index (Phi) is 7.38. The molecule has 3 aromatic carbocycles. The summed E-state index contributed by atoms with van der Waals surface area (Å²) in [7, 11) is 0. The van der Waals surface area contributed by atoms with Crippen molar-refractivity contribution >= 4 is 40.8 Å². The number of halogens is 5. The molecule has 11 heteroatoms. The zero-order chi connectivity index (χ0) is 24.2. The van der Waals surface area contributed by atoms with Crippen molar-refractivity contribution in [1.82, 2.24) is 16.2 Å². The molecular weight excluding hydrogens is 490 g/mol. The van der Waals surface area contributed by atoms with E-state index in [9.17, 15) is 18.0 Å². The number of carbonyl (C=O) groups excluding carboxylic acids is 1. The Morgan fingerprint density at radius 2 is 1.71 bits per heavy atom. The summed E-state index contributed by atoms with van der Waals surface area (Å²) in [6.07, 6.45) is 0.0834. The van der Waals surface area contributed by atoms with Gasteiger partial charge in [-0.25, -0.2) is 24.0 Å². The maximum atomic E-state index is 13.8. The van der Waals surface area contributed by atoms with Crippen molar-refractivity contribution in [3.05, 3.63) is 99.3 Å². The zero-order valence-corrected chi connectivity index (χ0v) is 18.9. The molecule has 0 aliphatic carbocycles. The SMILES string of the molecule is O=C(/N=C(/Nc1cc(F)cc(Cl)c1)NC1CC(c2ccc(F)cc2)NN1)c1ccc(Cl)c(F)c1. The molecule has 4 rings (SSSR count). The second kappa shape index (κ2) is 10.4. The van der Waals surface area contributed by atoms with Gasteiger partial charge in [-0.1, -0.05) is 35.3 Å². The first-order chi connectivity index (χ1) is 16.3. The minimum atomic E-state index is -0.758. The van der Waals surface area contributed by atoms with Crippen LogP contribution in [0.15, 0.2) is 65.7 Å². The lowest BCUT2D eigenvalue weighted by Gasteiger charge is -2.17. The number of aliphatic imine (C=N–C) groups is 1. The lowest BCUT2D eigenvalue weighted by Crippen LogP contribution is -2.47. The molecule has 1 heterocycles. The van der Waals surface area contributed by atoms with Crippen LogP contribution in [-0.2, 0) is 0 Å². The Morgan fingerprint density at radius 3 is 2.41 bits per heavy atom. The average Bonchev–Trinajstić information content (AvgIpc) is 3.23. The molecule has 1 amide bonds. The molecule has 0 bridgehead atoms. The molecule has 0 spiro atoms. The number of nitrogens with one attached hydrogen (secondary N) is 4. The molecule has 0 saturated carbocycles. The van der Waals surface area contributed by atoms with E-state index in [0.717, 1.165) is 17.7 Å². The van der Waals surface area contributed by atoms with E-state index in [0.29, 0.717) is 6.42 Å². The van der Waals surface area contributed by atoms with Crippen LogP contribution < -0.4 is 21.5 Å². The lowest BCUT2D eigenvalue weighted by molar-refractivity contribution is 0.100. The van der Waals surface area contributed by atoms with Crippen molar-refractivity contribution in [2.45, 2.75) is 18.6 Å². The molecule has 4 N–H and O–H groups in total. The first kappa shape index (κ1) is 24.0. The Bertz CT molecular complexity index is 1220. The monoisotopic (exact) mass is 507 g/mol. The van der Waals surface area contributed by atoms with Crippen LogP contribution in [0.1, 0.15) is 28.4 Å². The van der Waals surface area contributed by atoms with E-state index >= 15 is 0 Å². The van der Waals surface area contributed by atoms with Crippen LogP contribution in [0.4, 0.5) is 18.9 Å². The number of rotatable bonds is 4. The van der Waals surface area contributed by atoms with Gasteiger partial charge in [0.05, 0.1) is 11.2 Å². The summed E-state index contributed by atoms with van der Waals surface area (Å²) in [5.74, 6) is -2.47.